The Hall–Kier alpha value is -1.32. The van der Waals surface area contributed by atoms with Crippen LogP contribution in [0.4, 0.5) is 4.79 Å². The Morgan fingerprint density at radius 3 is 2.59 bits per heavy atom. The fraction of sp³-hybridized carbons (Fsp3) is 0.850. The van der Waals surface area contributed by atoms with Gasteiger partial charge in [0.2, 0.25) is 5.91 Å². The van der Waals surface area contributed by atoms with Crippen molar-refractivity contribution in [3.63, 3.8) is 0 Å². The second kappa shape index (κ2) is 8.81. The number of nitrogens with one attached hydrogen (secondary N) is 2. The van der Waals surface area contributed by atoms with Gasteiger partial charge >= 0.3 is 6.03 Å². The van der Waals surface area contributed by atoms with Crippen LogP contribution in [0, 0.1) is 0 Å². The van der Waals surface area contributed by atoms with Crippen LogP contribution in [-0.2, 0) is 14.3 Å². The fourth-order valence-electron chi connectivity index (χ4n) is 5.07. The zero-order valence-corrected chi connectivity index (χ0v) is 17.9. The van der Waals surface area contributed by atoms with Gasteiger partial charge in [0.1, 0.15) is 5.54 Å². The molecule has 4 aliphatic rings. The molecule has 3 heterocycles. The minimum absolute atomic E-state index is 0.00288. The summed E-state index contributed by atoms with van der Waals surface area (Å²) < 4.78 is 5.48. The van der Waals surface area contributed by atoms with E-state index in [1.165, 1.54) is 4.90 Å². The standard InChI is InChI=1S/C20H32N4O4S/c25-16(21-14-19(7-13-29-15-19)23-9-11-28-12-10-23)4-8-24-17(26)20(22-18(24)27)5-2-1-3-6-20/h1-15H2,(H,21,25)(H,22,27). The molecule has 4 fully saturated rings. The van der Waals surface area contributed by atoms with E-state index in [-0.39, 0.29) is 36.3 Å². The normalized spacial score (nSPS) is 30.0. The van der Waals surface area contributed by atoms with Gasteiger partial charge in [-0.05, 0) is 25.0 Å². The lowest BCUT2D eigenvalue weighted by Gasteiger charge is -2.43. The number of urea groups is 1. The minimum Gasteiger partial charge on any atom is -0.379 e. The van der Waals surface area contributed by atoms with Crippen LogP contribution >= 0.6 is 11.8 Å². The summed E-state index contributed by atoms with van der Waals surface area (Å²) in [5.74, 6) is 1.88. The quantitative estimate of drug-likeness (QED) is 0.617. The van der Waals surface area contributed by atoms with Gasteiger partial charge in [-0.1, -0.05) is 19.3 Å². The first-order valence-electron chi connectivity index (χ1n) is 10.9. The Bertz CT molecular complexity index is 640. The van der Waals surface area contributed by atoms with Crippen LogP contribution in [-0.4, -0.2) is 89.6 Å². The predicted molar refractivity (Wildman–Crippen MR) is 111 cm³/mol. The predicted octanol–water partition coefficient (Wildman–Crippen LogP) is 0.955. The number of rotatable bonds is 6. The SMILES string of the molecule is O=C(CCN1C(=O)NC2(CCCCC2)C1=O)NCC1(N2CCOCC2)CCSC1. The monoisotopic (exact) mass is 424 g/mol. The molecule has 1 unspecified atom stereocenters. The number of amides is 4. The number of carbonyl (C=O) groups excluding carboxylic acids is 3. The maximum Gasteiger partial charge on any atom is 0.325 e. The number of ether oxygens (including phenoxy) is 1. The van der Waals surface area contributed by atoms with Crippen molar-refractivity contribution in [2.24, 2.45) is 0 Å². The highest BCUT2D eigenvalue weighted by molar-refractivity contribution is 7.99. The second-order valence-corrected chi connectivity index (χ2v) is 9.79. The van der Waals surface area contributed by atoms with E-state index >= 15 is 0 Å². The summed E-state index contributed by atoms with van der Waals surface area (Å²) in [6.07, 6.45) is 5.66. The molecule has 1 atom stereocenters. The summed E-state index contributed by atoms with van der Waals surface area (Å²) in [6.45, 7) is 4.06. The lowest BCUT2D eigenvalue weighted by Crippen LogP contribution is -2.59. The van der Waals surface area contributed by atoms with Gasteiger partial charge in [-0.2, -0.15) is 11.8 Å². The third-order valence-corrected chi connectivity index (χ3v) is 8.13. The van der Waals surface area contributed by atoms with E-state index in [0.29, 0.717) is 19.4 Å². The van der Waals surface area contributed by atoms with Crippen LogP contribution in [0.15, 0.2) is 0 Å². The molecule has 1 spiro atoms. The average Bonchev–Trinajstić information content (AvgIpc) is 3.31. The van der Waals surface area contributed by atoms with Crippen molar-refractivity contribution in [1.82, 2.24) is 20.4 Å². The molecule has 0 aromatic rings. The molecule has 0 aromatic carbocycles. The van der Waals surface area contributed by atoms with Gasteiger partial charge in [-0.15, -0.1) is 0 Å². The Kier molecular flexibility index (Phi) is 6.36. The number of thioether (sulfide) groups is 1. The first-order valence-corrected chi connectivity index (χ1v) is 12.0. The summed E-state index contributed by atoms with van der Waals surface area (Å²) in [4.78, 5) is 41.4. The Morgan fingerprint density at radius 1 is 1.14 bits per heavy atom. The minimum atomic E-state index is -0.715. The van der Waals surface area contributed by atoms with Crippen LogP contribution in [0.25, 0.3) is 0 Å². The Labute approximate surface area is 176 Å². The van der Waals surface area contributed by atoms with Crippen molar-refractivity contribution in [3.8, 4) is 0 Å². The molecular formula is C20H32N4O4S. The molecule has 0 bridgehead atoms. The van der Waals surface area contributed by atoms with Gasteiger partial charge in [0.05, 0.1) is 13.2 Å². The molecular weight excluding hydrogens is 392 g/mol. The van der Waals surface area contributed by atoms with Crippen molar-refractivity contribution in [2.45, 2.75) is 56.0 Å². The Balaban J connectivity index is 1.28. The summed E-state index contributed by atoms with van der Waals surface area (Å²) in [5.41, 5.74) is -0.718. The van der Waals surface area contributed by atoms with Crippen molar-refractivity contribution < 1.29 is 19.1 Å². The molecule has 8 nitrogen and oxygen atoms in total. The van der Waals surface area contributed by atoms with E-state index in [1.807, 2.05) is 11.8 Å². The molecule has 29 heavy (non-hydrogen) atoms. The smallest absolute Gasteiger partial charge is 0.325 e. The molecule has 1 saturated carbocycles. The third-order valence-electron chi connectivity index (χ3n) is 6.89. The molecule has 0 aromatic heterocycles. The molecule has 162 valence electrons. The van der Waals surface area contributed by atoms with Crippen LogP contribution in [0.5, 0.6) is 0 Å². The molecule has 2 N–H and O–H groups in total. The van der Waals surface area contributed by atoms with Crippen molar-refractivity contribution in [2.75, 3.05) is 50.9 Å². The van der Waals surface area contributed by atoms with E-state index in [4.69, 9.17) is 4.74 Å². The number of nitrogens with zero attached hydrogens (tertiary/aromatic N) is 2. The third kappa shape index (κ3) is 4.27. The zero-order valence-electron chi connectivity index (χ0n) is 17.0. The van der Waals surface area contributed by atoms with E-state index in [1.54, 1.807) is 0 Å². The van der Waals surface area contributed by atoms with Crippen molar-refractivity contribution in [3.05, 3.63) is 0 Å². The van der Waals surface area contributed by atoms with Gasteiger partial charge < -0.3 is 15.4 Å². The van der Waals surface area contributed by atoms with Gasteiger partial charge in [0, 0.05) is 43.9 Å². The lowest BCUT2D eigenvalue weighted by atomic mass is 9.82. The summed E-state index contributed by atoms with van der Waals surface area (Å²) in [7, 11) is 0. The fourth-order valence-corrected chi connectivity index (χ4v) is 6.55. The van der Waals surface area contributed by atoms with Gasteiger partial charge in [-0.25, -0.2) is 4.79 Å². The first kappa shape index (κ1) is 20.9. The highest BCUT2D eigenvalue weighted by Crippen LogP contribution is 2.34. The van der Waals surface area contributed by atoms with Crippen LogP contribution in [0.3, 0.4) is 0 Å². The zero-order chi connectivity index (χ0) is 20.3. The van der Waals surface area contributed by atoms with E-state index in [9.17, 15) is 14.4 Å². The largest absolute Gasteiger partial charge is 0.379 e. The van der Waals surface area contributed by atoms with Gasteiger partial charge in [0.15, 0.2) is 0 Å². The van der Waals surface area contributed by atoms with E-state index in [0.717, 1.165) is 63.5 Å². The highest BCUT2D eigenvalue weighted by Gasteiger charge is 2.51. The number of hydrogen-bond acceptors (Lipinski definition) is 6. The van der Waals surface area contributed by atoms with Crippen molar-refractivity contribution in [1.29, 1.82) is 0 Å². The number of imide groups is 1. The maximum atomic E-state index is 12.8. The molecule has 0 radical (unpaired) electrons. The number of hydrogen-bond donors (Lipinski definition) is 2. The molecule has 3 aliphatic heterocycles. The molecule has 3 saturated heterocycles. The van der Waals surface area contributed by atoms with Gasteiger partial charge in [-0.3, -0.25) is 19.4 Å². The molecule has 9 heteroatoms. The van der Waals surface area contributed by atoms with E-state index < -0.39 is 5.54 Å². The first-order chi connectivity index (χ1) is 14.0. The van der Waals surface area contributed by atoms with Crippen LogP contribution in [0.2, 0.25) is 0 Å². The van der Waals surface area contributed by atoms with E-state index in [2.05, 4.69) is 15.5 Å². The average molecular weight is 425 g/mol. The second-order valence-electron chi connectivity index (χ2n) is 8.68. The summed E-state index contributed by atoms with van der Waals surface area (Å²) in [5, 5.41) is 5.99. The lowest BCUT2D eigenvalue weighted by molar-refractivity contribution is -0.132. The van der Waals surface area contributed by atoms with Crippen LogP contribution in [0.1, 0.15) is 44.9 Å². The summed E-state index contributed by atoms with van der Waals surface area (Å²) >= 11 is 1.93. The molecule has 4 rings (SSSR count). The van der Waals surface area contributed by atoms with Crippen LogP contribution < -0.4 is 10.6 Å². The molecule has 4 amide bonds. The summed E-state index contributed by atoms with van der Waals surface area (Å²) in [6, 6.07) is -0.346. The number of morpholine rings is 1. The topological polar surface area (TPSA) is 91.0 Å². The Morgan fingerprint density at radius 2 is 1.90 bits per heavy atom. The highest BCUT2D eigenvalue weighted by atomic mass is 32.2. The maximum absolute atomic E-state index is 12.8. The number of carbonyl (C=O) groups is 3. The molecule has 1 aliphatic carbocycles. The van der Waals surface area contributed by atoms with Crippen molar-refractivity contribution >= 4 is 29.6 Å². The van der Waals surface area contributed by atoms with Gasteiger partial charge in [0.25, 0.3) is 5.91 Å².